The summed E-state index contributed by atoms with van der Waals surface area (Å²) in [4.78, 5) is 0. The first-order chi connectivity index (χ1) is 6.33. The summed E-state index contributed by atoms with van der Waals surface area (Å²) in [5, 5.41) is 2.42. The molecule has 1 rings (SSSR count). The molecular weight excluding hydrogens is 158 g/mol. The lowest BCUT2D eigenvalue weighted by Gasteiger charge is -2.07. The fraction of sp³-hybridized carbons (Fsp3) is 0.500. The number of rotatable bonds is 5. The van der Waals surface area contributed by atoms with Crippen LogP contribution in [0.2, 0.25) is 0 Å². The van der Waals surface area contributed by atoms with Gasteiger partial charge in [-0.3, -0.25) is 0 Å². The van der Waals surface area contributed by atoms with Crippen LogP contribution in [-0.2, 0) is 6.42 Å². The highest BCUT2D eigenvalue weighted by molar-refractivity contribution is 5.14. The number of hydrogen-bond donors (Lipinski definition) is 1. The molecule has 0 aliphatic rings. The molecular formula is C12H20N+. The minimum atomic E-state index is 0.767. The van der Waals surface area contributed by atoms with Gasteiger partial charge in [0.1, 0.15) is 0 Å². The SMILES string of the molecule is CC[C@@H](C)[NH2+]CCc1ccccc1. The van der Waals surface area contributed by atoms with E-state index in [0.717, 1.165) is 6.04 Å². The van der Waals surface area contributed by atoms with Crippen molar-refractivity contribution in [3.8, 4) is 0 Å². The molecule has 1 aromatic rings. The van der Waals surface area contributed by atoms with E-state index < -0.39 is 0 Å². The second-order valence-corrected chi connectivity index (χ2v) is 3.65. The van der Waals surface area contributed by atoms with E-state index in [4.69, 9.17) is 0 Å². The molecule has 0 amide bonds. The fourth-order valence-corrected chi connectivity index (χ4v) is 1.35. The summed E-state index contributed by atoms with van der Waals surface area (Å²) < 4.78 is 0. The third-order valence-corrected chi connectivity index (χ3v) is 2.49. The highest BCUT2D eigenvalue weighted by Crippen LogP contribution is 1.97. The Hall–Kier alpha value is -0.820. The van der Waals surface area contributed by atoms with Crippen molar-refractivity contribution < 1.29 is 5.32 Å². The van der Waals surface area contributed by atoms with Crippen LogP contribution in [0.3, 0.4) is 0 Å². The van der Waals surface area contributed by atoms with Crippen LogP contribution < -0.4 is 5.32 Å². The summed E-state index contributed by atoms with van der Waals surface area (Å²) in [6, 6.07) is 11.5. The number of benzene rings is 1. The maximum Gasteiger partial charge on any atom is 0.0827 e. The van der Waals surface area contributed by atoms with Crippen LogP contribution in [0.4, 0.5) is 0 Å². The molecule has 1 nitrogen and oxygen atoms in total. The largest absolute Gasteiger partial charge is 0.344 e. The predicted octanol–water partition coefficient (Wildman–Crippen LogP) is 1.59. The first-order valence-electron chi connectivity index (χ1n) is 5.20. The minimum Gasteiger partial charge on any atom is -0.344 e. The van der Waals surface area contributed by atoms with Crippen molar-refractivity contribution in [1.29, 1.82) is 0 Å². The summed E-state index contributed by atoms with van der Waals surface area (Å²) >= 11 is 0. The Morgan fingerprint density at radius 2 is 1.92 bits per heavy atom. The topological polar surface area (TPSA) is 16.6 Å². The molecule has 0 unspecified atom stereocenters. The van der Waals surface area contributed by atoms with Crippen molar-refractivity contribution in [3.63, 3.8) is 0 Å². The summed E-state index contributed by atoms with van der Waals surface area (Å²) in [6.45, 7) is 5.73. The molecule has 1 aromatic carbocycles. The zero-order chi connectivity index (χ0) is 9.52. The van der Waals surface area contributed by atoms with E-state index in [2.05, 4.69) is 49.5 Å². The van der Waals surface area contributed by atoms with Crippen LogP contribution in [0.15, 0.2) is 30.3 Å². The molecule has 13 heavy (non-hydrogen) atoms. The first-order valence-corrected chi connectivity index (χ1v) is 5.20. The van der Waals surface area contributed by atoms with Gasteiger partial charge < -0.3 is 5.32 Å². The van der Waals surface area contributed by atoms with Crippen LogP contribution in [-0.4, -0.2) is 12.6 Å². The van der Waals surface area contributed by atoms with Gasteiger partial charge in [-0.1, -0.05) is 37.3 Å². The average Bonchev–Trinajstić information content (AvgIpc) is 2.19. The maximum atomic E-state index is 2.42. The third kappa shape index (κ3) is 4.09. The summed E-state index contributed by atoms with van der Waals surface area (Å²) in [7, 11) is 0. The van der Waals surface area contributed by atoms with Gasteiger partial charge in [0.15, 0.2) is 0 Å². The lowest BCUT2D eigenvalue weighted by Crippen LogP contribution is -2.89. The second-order valence-electron chi connectivity index (χ2n) is 3.65. The molecule has 0 fully saturated rings. The van der Waals surface area contributed by atoms with Crippen molar-refractivity contribution in [1.82, 2.24) is 0 Å². The molecule has 0 bridgehead atoms. The van der Waals surface area contributed by atoms with Gasteiger partial charge >= 0.3 is 0 Å². The van der Waals surface area contributed by atoms with Gasteiger partial charge in [0, 0.05) is 6.42 Å². The smallest absolute Gasteiger partial charge is 0.0827 e. The Balaban J connectivity index is 2.20. The molecule has 1 atom stereocenters. The van der Waals surface area contributed by atoms with Crippen LogP contribution in [0.5, 0.6) is 0 Å². The lowest BCUT2D eigenvalue weighted by atomic mass is 10.1. The summed E-state index contributed by atoms with van der Waals surface area (Å²) in [6.07, 6.45) is 2.44. The van der Waals surface area contributed by atoms with E-state index in [9.17, 15) is 0 Å². The fourth-order valence-electron chi connectivity index (χ4n) is 1.35. The summed E-state index contributed by atoms with van der Waals surface area (Å²) in [5.41, 5.74) is 1.45. The first kappa shape index (κ1) is 10.3. The van der Waals surface area contributed by atoms with E-state index in [1.54, 1.807) is 0 Å². The van der Waals surface area contributed by atoms with Gasteiger partial charge in [-0.15, -0.1) is 0 Å². The van der Waals surface area contributed by atoms with E-state index >= 15 is 0 Å². The highest BCUT2D eigenvalue weighted by Gasteiger charge is 2.00. The molecule has 0 aliphatic heterocycles. The molecule has 72 valence electrons. The standard InChI is InChI=1S/C12H19N/c1-3-11(2)13-10-9-12-7-5-4-6-8-12/h4-8,11,13H,3,9-10H2,1-2H3/p+1/t11-/m1/s1. The third-order valence-electron chi connectivity index (χ3n) is 2.49. The Morgan fingerprint density at radius 1 is 1.23 bits per heavy atom. The van der Waals surface area contributed by atoms with Gasteiger partial charge in [0.25, 0.3) is 0 Å². The van der Waals surface area contributed by atoms with Crippen LogP contribution in [0, 0.1) is 0 Å². The Kier molecular flexibility index (Phi) is 4.55. The molecule has 2 N–H and O–H groups in total. The van der Waals surface area contributed by atoms with Gasteiger partial charge in [-0.05, 0) is 18.9 Å². The quantitative estimate of drug-likeness (QED) is 0.705. The van der Waals surface area contributed by atoms with Gasteiger partial charge in [0.2, 0.25) is 0 Å². The van der Waals surface area contributed by atoms with E-state index in [1.807, 2.05) is 0 Å². The molecule has 0 saturated heterocycles. The molecule has 0 saturated carbocycles. The number of quaternary nitrogens is 1. The number of hydrogen-bond acceptors (Lipinski definition) is 0. The minimum absolute atomic E-state index is 0.767. The predicted molar refractivity (Wildman–Crippen MR) is 56.7 cm³/mol. The molecule has 0 spiro atoms. The summed E-state index contributed by atoms with van der Waals surface area (Å²) in [5.74, 6) is 0. The van der Waals surface area contributed by atoms with Crippen LogP contribution >= 0.6 is 0 Å². The van der Waals surface area contributed by atoms with E-state index in [1.165, 1.54) is 24.9 Å². The van der Waals surface area contributed by atoms with Crippen LogP contribution in [0.25, 0.3) is 0 Å². The maximum absolute atomic E-state index is 2.42. The molecule has 0 heterocycles. The Morgan fingerprint density at radius 3 is 2.54 bits per heavy atom. The molecule has 1 heteroatoms. The average molecular weight is 178 g/mol. The van der Waals surface area contributed by atoms with Gasteiger partial charge in [-0.2, -0.15) is 0 Å². The monoisotopic (exact) mass is 178 g/mol. The zero-order valence-electron chi connectivity index (χ0n) is 8.66. The molecule has 0 aliphatic carbocycles. The van der Waals surface area contributed by atoms with Gasteiger partial charge in [-0.25, -0.2) is 0 Å². The zero-order valence-corrected chi connectivity index (χ0v) is 8.66. The number of nitrogens with two attached hydrogens (primary N) is 1. The highest BCUT2D eigenvalue weighted by atomic mass is 14.9. The lowest BCUT2D eigenvalue weighted by molar-refractivity contribution is -0.685. The van der Waals surface area contributed by atoms with Crippen molar-refractivity contribution in [2.45, 2.75) is 32.7 Å². The van der Waals surface area contributed by atoms with Gasteiger partial charge in [0.05, 0.1) is 12.6 Å². The Labute approximate surface area is 81.2 Å². The van der Waals surface area contributed by atoms with E-state index in [-0.39, 0.29) is 0 Å². The normalized spacial score (nSPS) is 12.8. The van der Waals surface area contributed by atoms with Crippen molar-refractivity contribution in [2.24, 2.45) is 0 Å². The molecule has 0 radical (unpaired) electrons. The van der Waals surface area contributed by atoms with Crippen molar-refractivity contribution in [2.75, 3.05) is 6.54 Å². The van der Waals surface area contributed by atoms with Crippen LogP contribution in [0.1, 0.15) is 25.8 Å². The van der Waals surface area contributed by atoms with Crippen molar-refractivity contribution >= 4 is 0 Å². The second kappa shape index (κ2) is 5.76. The Bertz CT molecular complexity index is 218. The van der Waals surface area contributed by atoms with E-state index in [0.29, 0.717) is 0 Å². The molecule has 0 aromatic heterocycles. The van der Waals surface area contributed by atoms with Crippen molar-refractivity contribution in [3.05, 3.63) is 35.9 Å².